The van der Waals surface area contributed by atoms with Gasteiger partial charge in [-0.25, -0.2) is 0 Å². The predicted molar refractivity (Wildman–Crippen MR) is 141 cm³/mol. The van der Waals surface area contributed by atoms with E-state index < -0.39 is 12.7 Å². The van der Waals surface area contributed by atoms with Crippen molar-refractivity contribution in [1.82, 2.24) is 5.09 Å². The Labute approximate surface area is 202 Å². The third-order valence-corrected chi connectivity index (χ3v) is 9.17. The van der Waals surface area contributed by atoms with Gasteiger partial charge in [-0.05, 0) is 55.2 Å². The first-order valence-corrected chi connectivity index (χ1v) is 13.3. The number of hydrogen-bond donors (Lipinski definition) is 1. The highest BCUT2D eigenvalue weighted by molar-refractivity contribution is 7.76. The Bertz CT molecular complexity index is 1230. The van der Waals surface area contributed by atoms with Crippen LogP contribution in [0, 0.1) is 11.3 Å². The first kappa shape index (κ1) is 23.7. The molecule has 0 aliphatic carbocycles. The maximum absolute atomic E-state index is 14.8. The van der Waals surface area contributed by atoms with E-state index in [1.165, 1.54) is 5.56 Å². The number of hydrogen-bond acceptors (Lipinski definition) is 2. The summed E-state index contributed by atoms with van der Waals surface area (Å²) in [5.41, 5.74) is 1.22. The van der Waals surface area contributed by atoms with E-state index in [0.717, 1.165) is 22.6 Å². The highest BCUT2D eigenvalue weighted by atomic mass is 31.2. The van der Waals surface area contributed by atoms with Gasteiger partial charge in [0.25, 0.3) is 0 Å². The second kappa shape index (κ2) is 10.7. The summed E-state index contributed by atoms with van der Waals surface area (Å²) >= 11 is 0. The number of aryl methyl sites for hydroxylation is 1. The Morgan fingerprint density at radius 2 is 1.21 bits per heavy atom. The fourth-order valence-corrected chi connectivity index (χ4v) is 6.97. The van der Waals surface area contributed by atoms with Gasteiger partial charge in [0.15, 0.2) is 0 Å². The standard InChI is InChI=1S/C30H29N2OP/c1-30(24-31,26-16-8-3-9-17-26)29(23-22-25-14-6-2-7-15-25)32-34(33,27-18-10-4-11-19-27)28-20-12-5-13-21-28/h2-21,29H,22-23H2,1H3,(H,32,33)/t29-,30-/m1/s1. The minimum atomic E-state index is -3.23. The first-order valence-electron chi connectivity index (χ1n) is 11.6. The van der Waals surface area contributed by atoms with Crippen molar-refractivity contribution in [3.8, 4) is 6.07 Å². The average molecular weight is 465 g/mol. The van der Waals surface area contributed by atoms with Gasteiger partial charge < -0.3 is 0 Å². The van der Waals surface area contributed by atoms with Gasteiger partial charge in [0.05, 0.1) is 11.5 Å². The van der Waals surface area contributed by atoms with Crippen molar-refractivity contribution in [2.45, 2.75) is 31.2 Å². The first-order chi connectivity index (χ1) is 16.6. The molecule has 0 unspecified atom stereocenters. The molecule has 170 valence electrons. The van der Waals surface area contributed by atoms with Gasteiger partial charge in [-0.2, -0.15) is 5.26 Å². The zero-order valence-electron chi connectivity index (χ0n) is 19.3. The van der Waals surface area contributed by atoms with Crippen LogP contribution < -0.4 is 15.7 Å². The summed E-state index contributed by atoms with van der Waals surface area (Å²) in [5.74, 6) is 0. The lowest BCUT2D eigenvalue weighted by Gasteiger charge is -2.36. The highest BCUT2D eigenvalue weighted by Gasteiger charge is 2.41. The number of nitrogens with zero attached hydrogens (tertiary/aromatic N) is 1. The molecule has 4 rings (SSSR count). The lowest BCUT2D eigenvalue weighted by atomic mass is 9.75. The van der Waals surface area contributed by atoms with E-state index in [1.54, 1.807) is 0 Å². The van der Waals surface area contributed by atoms with Crippen LogP contribution in [-0.2, 0) is 16.4 Å². The van der Waals surface area contributed by atoms with Crippen LogP contribution in [0.15, 0.2) is 121 Å². The largest absolute Gasteiger partial charge is 0.297 e. The van der Waals surface area contributed by atoms with Crippen molar-refractivity contribution in [3.05, 3.63) is 132 Å². The van der Waals surface area contributed by atoms with Gasteiger partial charge in [-0.15, -0.1) is 0 Å². The Hall–Kier alpha value is -3.44. The van der Waals surface area contributed by atoms with E-state index in [4.69, 9.17) is 0 Å². The number of rotatable bonds is 9. The van der Waals surface area contributed by atoms with Crippen LogP contribution in [0.5, 0.6) is 0 Å². The summed E-state index contributed by atoms with van der Waals surface area (Å²) in [7, 11) is -3.23. The lowest BCUT2D eigenvalue weighted by Crippen LogP contribution is -2.47. The normalized spacial score (nSPS) is 14.0. The van der Waals surface area contributed by atoms with Gasteiger partial charge in [-0.1, -0.05) is 97.1 Å². The van der Waals surface area contributed by atoms with Crippen molar-refractivity contribution in [2.24, 2.45) is 0 Å². The topological polar surface area (TPSA) is 52.9 Å². The molecule has 4 aromatic carbocycles. The molecule has 3 nitrogen and oxygen atoms in total. The van der Waals surface area contributed by atoms with Crippen LogP contribution in [0.2, 0.25) is 0 Å². The van der Waals surface area contributed by atoms with Crippen LogP contribution in [-0.4, -0.2) is 6.04 Å². The SMILES string of the molecule is C[C@@](C#N)(c1ccccc1)[C@@H](CCc1ccccc1)NP(=O)(c1ccccc1)c1ccccc1. The number of nitriles is 1. The molecule has 4 aromatic rings. The minimum absolute atomic E-state index is 0.355. The summed E-state index contributed by atoms with van der Waals surface area (Å²) in [5, 5.41) is 15.5. The second-order valence-corrected chi connectivity index (χ2v) is 11.2. The summed E-state index contributed by atoms with van der Waals surface area (Å²) < 4.78 is 14.8. The van der Waals surface area contributed by atoms with Gasteiger partial charge in [-0.3, -0.25) is 9.65 Å². The van der Waals surface area contributed by atoms with E-state index in [2.05, 4.69) is 23.3 Å². The fourth-order valence-electron chi connectivity index (χ4n) is 4.36. The lowest BCUT2D eigenvalue weighted by molar-refractivity contribution is 0.409. The maximum Gasteiger partial charge on any atom is 0.204 e. The third kappa shape index (κ3) is 5.05. The molecule has 0 fully saturated rings. The molecule has 2 atom stereocenters. The molecule has 0 radical (unpaired) electrons. The van der Waals surface area contributed by atoms with Crippen molar-refractivity contribution in [2.75, 3.05) is 0 Å². The molecular formula is C30H29N2OP. The second-order valence-electron chi connectivity index (χ2n) is 8.67. The van der Waals surface area contributed by atoms with Gasteiger partial charge >= 0.3 is 0 Å². The molecule has 0 saturated carbocycles. The van der Waals surface area contributed by atoms with E-state index in [-0.39, 0.29) is 6.04 Å². The van der Waals surface area contributed by atoms with E-state index in [0.29, 0.717) is 6.42 Å². The van der Waals surface area contributed by atoms with E-state index >= 15 is 0 Å². The smallest absolute Gasteiger partial charge is 0.204 e. The van der Waals surface area contributed by atoms with E-state index in [9.17, 15) is 9.83 Å². The predicted octanol–water partition coefficient (Wildman–Crippen LogP) is 5.99. The third-order valence-electron chi connectivity index (χ3n) is 6.44. The quantitative estimate of drug-likeness (QED) is 0.310. The van der Waals surface area contributed by atoms with Crippen LogP contribution >= 0.6 is 7.29 Å². The van der Waals surface area contributed by atoms with Crippen LogP contribution in [0.1, 0.15) is 24.5 Å². The summed E-state index contributed by atoms with van der Waals surface area (Å²) in [6.45, 7) is 1.95. The van der Waals surface area contributed by atoms with Crippen LogP contribution in [0.4, 0.5) is 0 Å². The Morgan fingerprint density at radius 3 is 1.68 bits per heavy atom. The minimum Gasteiger partial charge on any atom is -0.297 e. The zero-order valence-corrected chi connectivity index (χ0v) is 20.2. The Morgan fingerprint density at radius 1 is 0.765 bits per heavy atom. The summed E-state index contributed by atoms with van der Waals surface area (Å²) in [4.78, 5) is 0. The molecule has 0 heterocycles. The molecular weight excluding hydrogens is 435 g/mol. The van der Waals surface area contributed by atoms with Crippen LogP contribution in [0.3, 0.4) is 0 Å². The van der Waals surface area contributed by atoms with Gasteiger partial charge in [0.1, 0.15) is 0 Å². The molecule has 1 N–H and O–H groups in total. The zero-order chi connectivity index (χ0) is 23.9. The summed E-state index contributed by atoms with van der Waals surface area (Å²) in [6.07, 6.45) is 1.43. The number of nitrogens with one attached hydrogen (secondary N) is 1. The Kier molecular flexibility index (Phi) is 7.43. The molecule has 0 bridgehead atoms. The molecule has 0 spiro atoms. The average Bonchev–Trinajstić information content (AvgIpc) is 2.92. The van der Waals surface area contributed by atoms with Gasteiger partial charge in [0, 0.05) is 16.7 Å². The molecule has 4 heteroatoms. The molecule has 0 aliphatic rings. The van der Waals surface area contributed by atoms with Crippen molar-refractivity contribution in [3.63, 3.8) is 0 Å². The van der Waals surface area contributed by atoms with Crippen molar-refractivity contribution >= 4 is 17.9 Å². The Balaban J connectivity index is 1.80. The molecule has 0 amide bonds. The highest BCUT2D eigenvalue weighted by Crippen LogP contribution is 2.43. The van der Waals surface area contributed by atoms with Gasteiger partial charge in [0.2, 0.25) is 7.29 Å². The maximum atomic E-state index is 14.8. The monoisotopic (exact) mass is 464 g/mol. The van der Waals surface area contributed by atoms with E-state index in [1.807, 2.05) is 116 Å². The molecule has 0 aliphatic heterocycles. The fraction of sp³-hybridized carbons (Fsp3) is 0.167. The molecule has 0 aromatic heterocycles. The molecule has 0 saturated heterocycles. The van der Waals surface area contributed by atoms with Crippen molar-refractivity contribution in [1.29, 1.82) is 5.26 Å². The summed E-state index contributed by atoms with van der Waals surface area (Å²) in [6, 6.07) is 41.4. The van der Waals surface area contributed by atoms with Crippen LogP contribution in [0.25, 0.3) is 0 Å². The van der Waals surface area contributed by atoms with Crippen molar-refractivity contribution < 1.29 is 4.57 Å². The molecule has 34 heavy (non-hydrogen) atoms. The number of benzene rings is 4.